The zero-order valence-corrected chi connectivity index (χ0v) is 11.6. The summed E-state index contributed by atoms with van der Waals surface area (Å²) in [6.45, 7) is 0. The van der Waals surface area contributed by atoms with E-state index in [0.29, 0.717) is 5.69 Å². The van der Waals surface area contributed by atoms with Gasteiger partial charge in [0.2, 0.25) is 0 Å². The molecule has 2 aromatic carbocycles. The first-order chi connectivity index (χ1) is 11.4. The summed E-state index contributed by atoms with van der Waals surface area (Å²) < 4.78 is 0. The molecule has 0 aliphatic heterocycles. The van der Waals surface area contributed by atoms with Crippen molar-refractivity contribution in [1.82, 2.24) is 15.0 Å². The number of nitro benzene ring substituents is 3. The molecule has 1 heterocycles. The van der Waals surface area contributed by atoms with Gasteiger partial charge in [0.05, 0.1) is 26.5 Å². The van der Waals surface area contributed by atoms with E-state index < -0.39 is 26.1 Å². The number of rotatable bonds is 4. The quantitative estimate of drug-likeness (QED) is 0.519. The SMILES string of the molecule is O=[N+]([O-])c1ccc(-n2nc3cc([N+](=O)[O-])cc([N+](=O)[O-])c3n2)cc1. The smallest absolute Gasteiger partial charge is 0.258 e. The summed E-state index contributed by atoms with van der Waals surface area (Å²) in [5.74, 6) is 0. The summed E-state index contributed by atoms with van der Waals surface area (Å²) in [4.78, 5) is 31.5. The number of benzene rings is 2. The van der Waals surface area contributed by atoms with Gasteiger partial charge in [0.25, 0.3) is 11.4 Å². The largest absolute Gasteiger partial charge is 0.305 e. The highest BCUT2D eigenvalue weighted by atomic mass is 16.6. The molecule has 1 aromatic heterocycles. The molecule has 0 radical (unpaired) electrons. The third kappa shape index (κ3) is 2.47. The molecule has 3 rings (SSSR count). The van der Waals surface area contributed by atoms with Crippen molar-refractivity contribution in [3.05, 3.63) is 66.7 Å². The Bertz CT molecular complexity index is 995. The van der Waals surface area contributed by atoms with Gasteiger partial charge in [-0.1, -0.05) is 0 Å². The van der Waals surface area contributed by atoms with E-state index in [0.717, 1.165) is 16.9 Å². The number of nitrogens with zero attached hydrogens (tertiary/aromatic N) is 6. The van der Waals surface area contributed by atoms with Crippen LogP contribution >= 0.6 is 0 Å². The fourth-order valence-electron chi connectivity index (χ4n) is 2.06. The van der Waals surface area contributed by atoms with E-state index in [1.807, 2.05) is 0 Å². The molecule has 0 aliphatic carbocycles. The van der Waals surface area contributed by atoms with Crippen LogP contribution < -0.4 is 0 Å². The second kappa shape index (κ2) is 5.35. The normalized spacial score (nSPS) is 10.7. The monoisotopic (exact) mass is 330 g/mol. The average molecular weight is 330 g/mol. The Morgan fingerprint density at radius 1 is 0.792 bits per heavy atom. The molecule has 120 valence electrons. The van der Waals surface area contributed by atoms with Gasteiger partial charge in [0.1, 0.15) is 5.52 Å². The molecule has 24 heavy (non-hydrogen) atoms. The van der Waals surface area contributed by atoms with Crippen molar-refractivity contribution in [3.8, 4) is 5.69 Å². The van der Waals surface area contributed by atoms with Gasteiger partial charge in [-0.2, -0.15) is 4.80 Å². The van der Waals surface area contributed by atoms with Gasteiger partial charge in [0.15, 0.2) is 5.52 Å². The van der Waals surface area contributed by atoms with Crippen molar-refractivity contribution < 1.29 is 14.8 Å². The zero-order chi connectivity index (χ0) is 17.4. The second-order valence-electron chi connectivity index (χ2n) is 4.61. The first-order valence-corrected chi connectivity index (χ1v) is 6.31. The Hall–Kier alpha value is -3.96. The maximum atomic E-state index is 11.1. The third-order valence-electron chi connectivity index (χ3n) is 3.15. The maximum absolute atomic E-state index is 11.1. The Morgan fingerprint density at radius 3 is 1.96 bits per heavy atom. The van der Waals surface area contributed by atoms with Crippen LogP contribution in [0.4, 0.5) is 17.1 Å². The van der Waals surface area contributed by atoms with E-state index in [-0.39, 0.29) is 16.7 Å². The van der Waals surface area contributed by atoms with Crippen LogP contribution in [0.15, 0.2) is 36.4 Å². The van der Waals surface area contributed by atoms with E-state index >= 15 is 0 Å². The summed E-state index contributed by atoms with van der Waals surface area (Å²) in [5, 5.41) is 40.5. The Kier molecular flexibility index (Phi) is 3.33. The molecule has 0 spiro atoms. The van der Waals surface area contributed by atoms with Crippen molar-refractivity contribution in [2.24, 2.45) is 0 Å². The van der Waals surface area contributed by atoms with Gasteiger partial charge in [-0.25, -0.2) is 0 Å². The summed E-state index contributed by atoms with van der Waals surface area (Å²) in [5.41, 5.74) is -1.01. The summed E-state index contributed by atoms with van der Waals surface area (Å²) in [6, 6.07) is 7.03. The van der Waals surface area contributed by atoms with Crippen molar-refractivity contribution in [3.63, 3.8) is 0 Å². The Morgan fingerprint density at radius 2 is 1.42 bits per heavy atom. The fraction of sp³-hybridized carbons (Fsp3) is 0. The van der Waals surface area contributed by atoms with Crippen molar-refractivity contribution in [2.45, 2.75) is 0 Å². The molecule has 0 atom stereocenters. The van der Waals surface area contributed by atoms with Gasteiger partial charge in [-0.3, -0.25) is 30.3 Å². The lowest BCUT2D eigenvalue weighted by molar-refractivity contribution is -0.393. The minimum atomic E-state index is -0.788. The summed E-state index contributed by atoms with van der Waals surface area (Å²) in [7, 11) is 0. The van der Waals surface area contributed by atoms with Gasteiger partial charge < -0.3 is 0 Å². The van der Waals surface area contributed by atoms with Crippen molar-refractivity contribution >= 4 is 28.1 Å². The number of nitro groups is 3. The molecule has 12 heteroatoms. The number of hydrogen-bond acceptors (Lipinski definition) is 8. The van der Waals surface area contributed by atoms with Crippen LogP contribution in [0.5, 0.6) is 0 Å². The van der Waals surface area contributed by atoms with Gasteiger partial charge in [0, 0.05) is 18.2 Å². The van der Waals surface area contributed by atoms with Crippen LogP contribution in [-0.4, -0.2) is 29.8 Å². The molecule has 12 nitrogen and oxygen atoms in total. The van der Waals surface area contributed by atoms with E-state index in [4.69, 9.17) is 0 Å². The highest BCUT2D eigenvalue weighted by Gasteiger charge is 2.23. The standard InChI is InChI=1S/C12H6N6O6/c19-16(20)8-3-1-7(2-4-8)15-13-10-5-9(17(21)22)6-11(18(23)24)12(10)14-15/h1-6H. The minimum absolute atomic E-state index is 0.0331. The first kappa shape index (κ1) is 15.0. The Labute approximate surface area is 131 Å². The molecule has 0 amide bonds. The average Bonchev–Trinajstić information content (AvgIpc) is 2.97. The number of fused-ring (bicyclic) bond motifs is 1. The van der Waals surface area contributed by atoms with Crippen LogP contribution in [0.25, 0.3) is 16.7 Å². The molecule has 0 bridgehead atoms. The zero-order valence-electron chi connectivity index (χ0n) is 11.6. The van der Waals surface area contributed by atoms with Crippen LogP contribution in [0.1, 0.15) is 0 Å². The minimum Gasteiger partial charge on any atom is -0.258 e. The molecule has 0 saturated heterocycles. The van der Waals surface area contributed by atoms with Gasteiger partial charge >= 0.3 is 5.69 Å². The maximum Gasteiger partial charge on any atom is 0.305 e. The summed E-state index contributed by atoms with van der Waals surface area (Å²) >= 11 is 0. The van der Waals surface area contributed by atoms with Gasteiger partial charge in [-0.15, -0.1) is 10.2 Å². The molecule has 0 N–H and O–H groups in total. The fourth-order valence-corrected chi connectivity index (χ4v) is 2.06. The molecule has 0 unspecified atom stereocenters. The van der Waals surface area contributed by atoms with E-state index in [9.17, 15) is 30.3 Å². The first-order valence-electron chi connectivity index (χ1n) is 6.31. The topological polar surface area (TPSA) is 160 Å². The number of aromatic nitrogens is 3. The van der Waals surface area contributed by atoms with E-state index in [2.05, 4.69) is 10.2 Å². The van der Waals surface area contributed by atoms with Crippen LogP contribution in [-0.2, 0) is 0 Å². The molecule has 0 aliphatic rings. The molecule has 0 saturated carbocycles. The molecular weight excluding hydrogens is 324 g/mol. The number of hydrogen-bond donors (Lipinski definition) is 0. The van der Waals surface area contributed by atoms with Gasteiger partial charge in [-0.05, 0) is 12.1 Å². The predicted octanol–water partition coefficient (Wildman–Crippen LogP) is 2.15. The molecule has 0 fully saturated rings. The second-order valence-corrected chi connectivity index (χ2v) is 4.61. The lowest BCUT2D eigenvalue weighted by Gasteiger charge is -1.97. The van der Waals surface area contributed by atoms with Crippen LogP contribution in [0.3, 0.4) is 0 Å². The lowest BCUT2D eigenvalue weighted by Crippen LogP contribution is -1.99. The van der Waals surface area contributed by atoms with Crippen LogP contribution in [0, 0.1) is 30.3 Å². The number of non-ortho nitro benzene ring substituents is 3. The predicted molar refractivity (Wildman–Crippen MR) is 78.8 cm³/mol. The lowest BCUT2D eigenvalue weighted by atomic mass is 10.2. The summed E-state index contributed by atoms with van der Waals surface area (Å²) in [6.07, 6.45) is 0. The highest BCUT2D eigenvalue weighted by Crippen LogP contribution is 2.29. The van der Waals surface area contributed by atoms with Crippen LogP contribution in [0.2, 0.25) is 0 Å². The van der Waals surface area contributed by atoms with Crippen molar-refractivity contribution in [1.29, 1.82) is 0 Å². The highest BCUT2D eigenvalue weighted by molar-refractivity contribution is 5.86. The third-order valence-corrected chi connectivity index (χ3v) is 3.15. The molecular formula is C12H6N6O6. The Balaban J connectivity index is 2.17. The van der Waals surface area contributed by atoms with Crippen molar-refractivity contribution in [2.75, 3.05) is 0 Å². The van der Waals surface area contributed by atoms with E-state index in [1.54, 1.807) is 0 Å². The molecule has 3 aromatic rings. The van der Waals surface area contributed by atoms with E-state index in [1.165, 1.54) is 24.3 Å².